The number of hydrogen-bond acceptors (Lipinski definition) is 3. The number of halogens is 1. The van der Waals surface area contributed by atoms with Gasteiger partial charge < -0.3 is 5.11 Å². The Bertz CT molecular complexity index is 926. The van der Waals surface area contributed by atoms with Gasteiger partial charge in [0.1, 0.15) is 5.82 Å². The molecule has 25 heavy (non-hydrogen) atoms. The lowest BCUT2D eigenvalue weighted by atomic mass is 9.91. The number of sulfonamides is 1. The summed E-state index contributed by atoms with van der Waals surface area (Å²) in [5.41, 5.74) is 1.64. The van der Waals surface area contributed by atoms with Gasteiger partial charge in [0.05, 0.1) is 17.4 Å². The van der Waals surface area contributed by atoms with Gasteiger partial charge in [-0.05, 0) is 36.6 Å². The fourth-order valence-corrected chi connectivity index (χ4v) is 4.75. The van der Waals surface area contributed by atoms with E-state index < -0.39 is 33.5 Å². The number of carbonyl (C=O) groups is 1. The van der Waals surface area contributed by atoms with Gasteiger partial charge in [0.25, 0.3) is 0 Å². The number of carboxylic acids is 1. The highest BCUT2D eigenvalue weighted by atomic mass is 32.2. The number of fused-ring (bicyclic) bond motifs is 1. The van der Waals surface area contributed by atoms with Crippen LogP contribution in [0.2, 0.25) is 0 Å². The maximum absolute atomic E-state index is 14.1. The van der Waals surface area contributed by atoms with E-state index in [9.17, 15) is 22.7 Å². The molecule has 1 unspecified atom stereocenters. The molecule has 0 bridgehead atoms. The number of aliphatic carboxylic acids is 1. The van der Waals surface area contributed by atoms with Gasteiger partial charge in [-0.3, -0.25) is 9.10 Å². The van der Waals surface area contributed by atoms with Crippen LogP contribution in [0.3, 0.4) is 0 Å². The summed E-state index contributed by atoms with van der Waals surface area (Å²) in [5.74, 6) is -2.74. The summed E-state index contributed by atoms with van der Waals surface area (Å²) >= 11 is 0. The van der Waals surface area contributed by atoms with E-state index in [0.717, 1.165) is 0 Å². The molecule has 1 heterocycles. The Hall–Kier alpha value is -2.41. The fraction of sp³-hybridized carbons (Fsp3) is 0.278. The Balaban J connectivity index is 1.97. The van der Waals surface area contributed by atoms with Crippen molar-refractivity contribution in [2.75, 3.05) is 10.8 Å². The van der Waals surface area contributed by atoms with E-state index >= 15 is 0 Å². The maximum atomic E-state index is 14.1. The standard InChI is InChI=1S/C18H18FNO4S/c1-12-6-7-13(16(19)10-12)11-25(23,24)20-9-8-15(18(21)22)14-4-2-3-5-17(14)20/h2-7,10,15H,8-9,11H2,1H3,(H,21,22). The Morgan fingerprint density at radius 3 is 2.68 bits per heavy atom. The molecule has 2 aromatic rings. The molecule has 1 atom stereocenters. The first-order chi connectivity index (χ1) is 11.8. The second-order valence-corrected chi connectivity index (χ2v) is 8.05. The van der Waals surface area contributed by atoms with Gasteiger partial charge in [-0.15, -0.1) is 0 Å². The summed E-state index contributed by atoms with van der Waals surface area (Å²) < 4.78 is 40.9. The second-order valence-electron chi connectivity index (χ2n) is 6.16. The number of nitrogens with zero attached hydrogens (tertiary/aromatic N) is 1. The van der Waals surface area contributed by atoms with Crippen molar-refractivity contribution in [1.82, 2.24) is 0 Å². The topological polar surface area (TPSA) is 74.7 Å². The van der Waals surface area contributed by atoms with Gasteiger partial charge >= 0.3 is 5.97 Å². The van der Waals surface area contributed by atoms with Crippen LogP contribution >= 0.6 is 0 Å². The lowest BCUT2D eigenvalue weighted by molar-refractivity contribution is -0.139. The van der Waals surface area contributed by atoms with Crippen molar-refractivity contribution in [3.8, 4) is 0 Å². The number of carboxylic acid groups (broad SMARTS) is 1. The lowest BCUT2D eigenvalue weighted by Crippen LogP contribution is -2.38. The largest absolute Gasteiger partial charge is 0.481 e. The molecule has 3 rings (SSSR count). The van der Waals surface area contributed by atoms with Crippen molar-refractivity contribution in [3.63, 3.8) is 0 Å². The first-order valence-corrected chi connectivity index (χ1v) is 9.47. The fourth-order valence-electron chi connectivity index (χ4n) is 3.12. The zero-order valence-corrected chi connectivity index (χ0v) is 14.5. The van der Waals surface area contributed by atoms with Crippen molar-refractivity contribution < 1.29 is 22.7 Å². The monoisotopic (exact) mass is 363 g/mol. The van der Waals surface area contributed by atoms with E-state index in [1.807, 2.05) is 0 Å². The van der Waals surface area contributed by atoms with Gasteiger partial charge in [0.15, 0.2) is 0 Å². The molecule has 2 aromatic carbocycles. The highest BCUT2D eigenvalue weighted by Crippen LogP contribution is 2.37. The van der Waals surface area contributed by atoms with Crippen molar-refractivity contribution in [2.45, 2.75) is 25.0 Å². The molecule has 0 radical (unpaired) electrons. The van der Waals surface area contributed by atoms with E-state index in [0.29, 0.717) is 16.8 Å². The van der Waals surface area contributed by atoms with Crippen LogP contribution in [0.4, 0.5) is 10.1 Å². The molecule has 0 amide bonds. The predicted molar refractivity (Wildman–Crippen MR) is 92.5 cm³/mol. The molecule has 7 heteroatoms. The average Bonchev–Trinajstić information content (AvgIpc) is 2.56. The Labute approximate surface area is 145 Å². The van der Waals surface area contributed by atoms with Crippen molar-refractivity contribution >= 4 is 21.7 Å². The molecule has 1 N–H and O–H groups in total. The van der Waals surface area contributed by atoms with Gasteiger partial charge in [-0.1, -0.05) is 30.3 Å². The highest BCUT2D eigenvalue weighted by molar-refractivity contribution is 7.92. The Morgan fingerprint density at radius 2 is 2.00 bits per heavy atom. The number of hydrogen-bond donors (Lipinski definition) is 1. The summed E-state index contributed by atoms with van der Waals surface area (Å²) in [7, 11) is -3.83. The third kappa shape index (κ3) is 3.37. The molecule has 0 fully saturated rings. The van der Waals surface area contributed by atoms with Crippen molar-refractivity contribution in [1.29, 1.82) is 0 Å². The zero-order chi connectivity index (χ0) is 18.2. The SMILES string of the molecule is Cc1ccc(CS(=O)(=O)N2CCC(C(=O)O)c3ccccc32)c(F)c1. The van der Waals surface area contributed by atoms with E-state index in [1.165, 1.54) is 16.4 Å². The summed E-state index contributed by atoms with van der Waals surface area (Å²) in [6.45, 7) is 1.79. The maximum Gasteiger partial charge on any atom is 0.311 e. The van der Waals surface area contributed by atoms with E-state index in [1.54, 1.807) is 37.3 Å². The van der Waals surface area contributed by atoms with Gasteiger partial charge in [0, 0.05) is 12.1 Å². The Kier molecular flexibility index (Phi) is 4.51. The van der Waals surface area contributed by atoms with Gasteiger partial charge in [0.2, 0.25) is 10.0 Å². The van der Waals surface area contributed by atoms with Crippen LogP contribution in [0.25, 0.3) is 0 Å². The first-order valence-electron chi connectivity index (χ1n) is 7.87. The van der Waals surface area contributed by atoms with Gasteiger partial charge in [-0.2, -0.15) is 0 Å². The van der Waals surface area contributed by atoms with Crippen LogP contribution in [0.1, 0.15) is 29.0 Å². The van der Waals surface area contributed by atoms with Crippen molar-refractivity contribution in [2.24, 2.45) is 0 Å². The molecule has 0 spiro atoms. The average molecular weight is 363 g/mol. The molecule has 1 aliphatic rings. The Morgan fingerprint density at radius 1 is 1.28 bits per heavy atom. The minimum absolute atomic E-state index is 0.0593. The third-order valence-corrected chi connectivity index (χ3v) is 6.11. The molecule has 1 aliphatic heterocycles. The summed E-state index contributed by atoms with van der Waals surface area (Å²) in [6, 6.07) is 11.0. The molecular formula is C18H18FNO4S. The minimum atomic E-state index is -3.83. The molecule has 0 aliphatic carbocycles. The normalized spacial score (nSPS) is 17.2. The number of benzene rings is 2. The minimum Gasteiger partial charge on any atom is -0.481 e. The predicted octanol–water partition coefficient (Wildman–Crippen LogP) is 3.04. The van der Waals surface area contributed by atoms with Gasteiger partial charge in [-0.25, -0.2) is 12.8 Å². The second kappa shape index (κ2) is 6.48. The summed E-state index contributed by atoms with van der Waals surface area (Å²) in [4.78, 5) is 11.4. The number of aryl methyl sites for hydroxylation is 1. The van der Waals surface area contributed by atoms with E-state index in [2.05, 4.69) is 0 Å². The first kappa shape index (κ1) is 17.4. The smallest absolute Gasteiger partial charge is 0.311 e. The number of rotatable bonds is 4. The van der Waals surface area contributed by atoms with E-state index in [4.69, 9.17) is 0 Å². The highest BCUT2D eigenvalue weighted by Gasteiger charge is 2.35. The molecule has 0 saturated carbocycles. The van der Waals surface area contributed by atoms with Crippen LogP contribution in [0.15, 0.2) is 42.5 Å². The van der Waals surface area contributed by atoms with Crippen LogP contribution in [0, 0.1) is 12.7 Å². The molecular weight excluding hydrogens is 345 g/mol. The number of para-hydroxylation sites is 1. The van der Waals surface area contributed by atoms with E-state index in [-0.39, 0.29) is 18.5 Å². The molecule has 0 saturated heterocycles. The molecule has 132 valence electrons. The third-order valence-electron chi connectivity index (χ3n) is 4.38. The van der Waals surface area contributed by atoms with Crippen LogP contribution in [0.5, 0.6) is 0 Å². The summed E-state index contributed by atoms with van der Waals surface area (Å²) in [6.07, 6.45) is 0.182. The van der Waals surface area contributed by atoms with Crippen molar-refractivity contribution in [3.05, 3.63) is 65.0 Å². The van der Waals surface area contributed by atoms with Crippen LogP contribution in [-0.4, -0.2) is 26.0 Å². The molecule has 0 aromatic heterocycles. The quantitative estimate of drug-likeness (QED) is 0.906. The lowest BCUT2D eigenvalue weighted by Gasteiger charge is -2.33. The number of anilines is 1. The van der Waals surface area contributed by atoms with Crippen LogP contribution < -0.4 is 4.31 Å². The molecule has 5 nitrogen and oxygen atoms in total. The zero-order valence-electron chi connectivity index (χ0n) is 13.6. The summed E-state index contributed by atoms with van der Waals surface area (Å²) in [5, 5.41) is 9.35. The van der Waals surface area contributed by atoms with Crippen LogP contribution in [-0.2, 0) is 20.6 Å².